The summed E-state index contributed by atoms with van der Waals surface area (Å²) in [5.74, 6) is 0.0850. The summed E-state index contributed by atoms with van der Waals surface area (Å²) in [5.41, 5.74) is 3.26. The fourth-order valence-electron chi connectivity index (χ4n) is 2.10. The molecule has 1 amide bonds. The van der Waals surface area contributed by atoms with Gasteiger partial charge in [0.15, 0.2) is 0 Å². The Morgan fingerprint density at radius 1 is 1.27 bits per heavy atom. The van der Waals surface area contributed by atoms with E-state index in [1.54, 1.807) is 0 Å². The van der Waals surface area contributed by atoms with E-state index in [-0.39, 0.29) is 11.3 Å². The Labute approximate surface area is 90.7 Å². The molecular weight excluding hydrogens is 186 g/mol. The average Bonchev–Trinajstić information content (AvgIpc) is 2.16. The summed E-state index contributed by atoms with van der Waals surface area (Å²) in [6.07, 6.45) is 0.949. The molecule has 2 heteroatoms. The van der Waals surface area contributed by atoms with Crippen LogP contribution in [-0.2, 0) is 11.8 Å². The third-order valence-corrected chi connectivity index (χ3v) is 2.87. The lowest BCUT2D eigenvalue weighted by atomic mass is 9.80. The first kappa shape index (κ1) is 10.2. The first-order valence-electron chi connectivity index (χ1n) is 5.41. The molecule has 2 rings (SSSR count). The first-order valence-corrected chi connectivity index (χ1v) is 5.41. The third kappa shape index (κ3) is 1.76. The summed E-state index contributed by atoms with van der Waals surface area (Å²) in [7, 11) is 0. The monoisotopic (exact) mass is 203 g/mol. The second-order valence-corrected chi connectivity index (χ2v) is 5.10. The molecule has 1 aliphatic heterocycles. The highest BCUT2D eigenvalue weighted by molar-refractivity contribution is 5.98. The van der Waals surface area contributed by atoms with Gasteiger partial charge in [-0.3, -0.25) is 4.79 Å². The summed E-state index contributed by atoms with van der Waals surface area (Å²) in [4.78, 5) is 11.8. The zero-order valence-corrected chi connectivity index (χ0v) is 9.55. The third-order valence-electron chi connectivity index (χ3n) is 2.87. The number of fused-ring (bicyclic) bond motifs is 1. The van der Waals surface area contributed by atoms with Gasteiger partial charge >= 0.3 is 0 Å². The Morgan fingerprint density at radius 2 is 2.00 bits per heavy atom. The SMILES string of the molecule is CC(C)(C)c1cccc2c1C(=O)NCC2. The molecular formula is C13H17NO. The van der Waals surface area contributed by atoms with E-state index in [0.29, 0.717) is 0 Å². The van der Waals surface area contributed by atoms with Gasteiger partial charge < -0.3 is 5.32 Å². The van der Waals surface area contributed by atoms with E-state index >= 15 is 0 Å². The van der Waals surface area contributed by atoms with Crippen LogP contribution in [-0.4, -0.2) is 12.5 Å². The van der Waals surface area contributed by atoms with Crippen LogP contribution < -0.4 is 5.32 Å². The molecule has 0 unspecified atom stereocenters. The normalized spacial score (nSPS) is 15.8. The quantitative estimate of drug-likeness (QED) is 0.688. The van der Waals surface area contributed by atoms with E-state index < -0.39 is 0 Å². The number of benzene rings is 1. The van der Waals surface area contributed by atoms with Gasteiger partial charge in [-0.1, -0.05) is 39.0 Å². The smallest absolute Gasteiger partial charge is 0.251 e. The molecule has 0 aliphatic carbocycles. The molecule has 0 aromatic heterocycles. The fraction of sp³-hybridized carbons (Fsp3) is 0.462. The average molecular weight is 203 g/mol. The Balaban J connectivity index is 2.62. The molecule has 80 valence electrons. The van der Waals surface area contributed by atoms with E-state index in [1.165, 1.54) is 5.56 Å². The van der Waals surface area contributed by atoms with Crippen molar-refractivity contribution < 1.29 is 4.79 Å². The highest BCUT2D eigenvalue weighted by atomic mass is 16.1. The van der Waals surface area contributed by atoms with Gasteiger partial charge in [-0.2, -0.15) is 0 Å². The van der Waals surface area contributed by atoms with Crippen LogP contribution in [0.5, 0.6) is 0 Å². The maximum atomic E-state index is 11.8. The number of carbonyl (C=O) groups excluding carboxylic acids is 1. The lowest BCUT2D eigenvalue weighted by Gasteiger charge is -2.26. The maximum absolute atomic E-state index is 11.8. The molecule has 0 spiro atoms. The highest BCUT2D eigenvalue weighted by Crippen LogP contribution is 2.29. The van der Waals surface area contributed by atoms with Crippen LogP contribution in [0.4, 0.5) is 0 Å². The molecule has 1 aromatic carbocycles. The maximum Gasteiger partial charge on any atom is 0.251 e. The molecule has 0 saturated heterocycles. The molecule has 0 radical (unpaired) electrons. The Kier molecular flexibility index (Phi) is 2.29. The van der Waals surface area contributed by atoms with Crippen molar-refractivity contribution in [1.29, 1.82) is 0 Å². The van der Waals surface area contributed by atoms with Gasteiger partial charge in [-0.15, -0.1) is 0 Å². The minimum atomic E-state index is 0.0278. The molecule has 0 saturated carbocycles. The lowest BCUT2D eigenvalue weighted by Crippen LogP contribution is -2.34. The second kappa shape index (κ2) is 3.37. The predicted molar refractivity (Wildman–Crippen MR) is 61.2 cm³/mol. The lowest BCUT2D eigenvalue weighted by molar-refractivity contribution is 0.0943. The Bertz CT molecular complexity index is 401. The number of amides is 1. The van der Waals surface area contributed by atoms with Crippen LogP contribution in [0.15, 0.2) is 18.2 Å². The van der Waals surface area contributed by atoms with Gasteiger partial charge in [0, 0.05) is 12.1 Å². The molecule has 15 heavy (non-hydrogen) atoms. The van der Waals surface area contributed by atoms with Gasteiger partial charge in [0.05, 0.1) is 0 Å². The molecule has 1 heterocycles. The second-order valence-electron chi connectivity index (χ2n) is 5.10. The summed E-state index contributed by atoms with van der Waals surface area (Å²) >= 11 is 0. The van der Waals surface area contributed by atoms with E-state index in [4.69, 9.17) is 0 Å². The number of nitrogens with one attached hydrogen (secondary N) is 1. The van der Waals surface area contributed by atoms with Gasteiger partial charge in [-0.05, 0) is 23.0 Å². The topological polar surface area (TPSA) is 29.1 Å². The van der Waals surface area contributed by atoms with Crippen LogP contribution in [0.2, 0.25) is 0 Å². The fourth-order valence-corrected chi connectivity index (χ4v) is 2.10. The highest BCUT2D eigenvalue weighted by Gasteiger charge is 2.25. The number of hydrogen-bond donors (Lipinski definition) is 1. The van der Waals surface area contributed by atoms with Crippen molar-refractivity contribution in [3.63, 3.8) is 0 Å². The molecule has 1 N–H and O–H groups in total. The van der Waals surface area contributed by atoms with Crippen molar-refractivity contribution in [2.24, 2.45) is 0 Å². The molecule has 0 bridgehead atoms. The molecule has 2 nitrogen and oxygen atoms in total. The van der Waals surface area contributed by atoms with Crippen molar-refractivity contribution in [2.75, 3.05) is 6.54 Å². The van der Waals surface area contributed by atoms with Gasteiger partial charge in [-0.25, -0.2) is 0 Å². The van der Waals surface area contributed by atoms with E-state index in [0.717, 1.165) is 24.1 Å². The van der Waals surface area contributed by atoms with Crippen molar-refractivity contribution in [3.8, 4) is 0 Å². The van der Waals surface area contributed by atoms with Gasteiger partial charge in [0.2, 0.25) is 0 Å². The van der Waals surface area contributed by atoms with Crippen LogP contribution in [0, 0.1) is 0 Å². The van der Waals surface area contributed by atoms with Crippen molar-refractivity contribution in [3.05, 3.63) is 34.9 Å². The summed E-state index contributed by atoms with van der Waals surface area (Å²) in [5, 5.41) is 2.91. The zero-order valence-electron chi connectivity index (χ0n) is 9.55. The van der Waals surface area contributed by atoms with Crippen LogP contribution in [0.3, 0.4) is 0 Å². The van der Waals surface area contributed by atoms with Crippen molar-refractivity contribution >= 4 is 5.91 Å². The summed E-state index contributed by atoms with van der Waals surface area (Å²) in [6, 6.07) is 6.17. The van der Waals surface area contributed by atoms with Gasteiger partial charge in [0.1, 0.15) is 0 Å². The van der Waals surface area contributed by atoms with Gasteiger partial charge in [0.25, 0.3) is 5.91 Å². The van der Waals surface area contributed by atoms with E-state index in [1.807, 2.05) is 0 Å². The first-order chi connectivity index (χ1) is 7.00. The van der Waals surface area contributed by atoms with Crippen LogP contribution in [0.1, 0.15) is 42.3 Å². The summed E-state index contributed by atoms with van der Waals surface area (Å²) in [6.45, 7) is 7.19. The predicted octanol–water partition coefficient (Wildman–Crippen LogP) is 2.27. The Morgan fingerprint density at radius 3 is 2.67 bits per heavy atom. The largest absolute Gasteiger partial charge is 0.352 e. The van der Waals surface area contributed by atoms with E-state index in [9.17, 15) is 4.79 Å². The summed E-state index contributed by atoms with van der Waals surface area (Å²) < 4.78 is 0. The minimum Gasteiger partial charge on any atom is -0.352 e. The van der Waals surface area contributed by atoms with Crippen molar-refractivity contribution in [2.45, 2.75) is 32.6 Å². The van der Waals surface area contributed by atoms with Crippen molar-refractivity contribution in [1.82, 2.24) is 5.32 Å². The van der Waals surface area contributed by atoms with Crippen LogP contribution in [0.25, 0.3) is 0 Å². The minimum absolute atomic E-state index is 0.0278. The standard InChI is InChI=1S/C13H17NO/c1-13(2,3)10-6-4-5-9-7-8-14-12(15)11(9)10/h4-6H,7-8H2,1-3H3,(H,14,15). The van der Waals surface area contributed by atoms with Crippen LogP contribution >= 0.6 is 0 Å². The zero-order chi connectivity index (χ0) is 11.1. The number of rotatable bonds is 0. The molecule has 1 aliphatic rings. The number of carbonyl (C=O) groups is 1. The number of hydrogen-bond acceptors (Lipinski definition) is 1. The van der Waals surface area contributed by atoms with E-state index in [2.05, 4.69) is 44.3 Å². The Hall–Kier alpha value is -1.31. The molecule has 1 aromatic rings. The molecule has 0 atom stereocenters. The molecule has 0 fully saturated rings.